The molecule has 0 saturated heterocycles. The minimum absolute atomic E-state index is 0.261. The SMILES string of the molecule is C#CCOC(C#C[Si](C)(C)C)c1ccc(OC)cc1. The number of methoxy groups -OCH3 is 1. The van der Waals surface area contributed by atoms with E-state index in [1.165, 1.54) is 0 Å². The molecule has 1 aromatic carbocycles. The Balaban J connectivity index is 2.94. The number of hydrogen-bond donors (Lipinski definition) is 0. The molecule has 0 N–H and O–H groups in total. The second kappa shape index (κ2) is 7.04. The first-order valence-corrected chi connectivity index (χ1v) is 9.68. The Labute approximate surface area is 117 Å². The topological polar surface area (TPSA) is 18.5 Å². The molecule has 19 heavy (non-hydrogen) atoms. The number of terminal acetylenes is 1. The zero-order valence-electron chi connectivity index (χ0n) is 12.0. The van der Waals surface area contributed by atoms with Crippen molar-refractivity contribution in [3.63, 3.8) is 0 Å². The van der Waals surface area contributed by atoms with Gasteiger partial charge in [-0.3, -0.25) is 0 Å². The summed E-state index contributed by atoms with van der Waals surface area (Å²) < 4.78 is 10.8. The van der Waals surface area contributed by atoms with E-state index in [0.717, 1.165) is 11.3 Å². The highest BCUT2D eigenvalue weighted by molar-refractivity contribution is 6.83. The van der Waals surface area contributed by atoms with E-state index in [4.69, 9.17) is 15.9 Å². The lowest BCUT2D eigenvalue weighted by atomic mass is 10.1. The maximum absolute atomic E-state index is 5.62. The molecule has 2 nitrogen and oxygen atoms in total. The van der Waals surface area contributed by atoms with Crippen LogP contribution in [0.4, 0.5) is 0 Å². The minimum atomic E-state index is -1.43. The van der Waals surface area contributed by atoms with Gasteiger partial charge >= 0.3 is 0 Å². The highest BCUT2D eigenvalue weighted by atomic mass is 28.3. The average Bonchev–Trinajstić information content (AvgIpc) is 2.38. The van der Waals surface area contributed by atoms with Crippen LogP contribution in [0.2, 0.25) is 19.6 Å². The molecular weight excluding hydrogens is 252 g/mol. The fourth-order valence-electron chi connectivity index (χ4n) is 1.41. The van der Waals surface area contributed by atoms with E-state index < -0.39 is 8.07 Å². The lowest BCUT2D eigenvalue weighted by Gasteiger charge is -2.13. The van der Waals surface area contributed by atoms with E-state index in [1.807, 2.05) is 24.3 Å². The maximum atomic E-state index is 5.62. The van der Waals surface area contributed by atoms with Crippen LogP contribution in [0.3, 0.4) is 0 Å². The van der Waals surface area contributed by atoms with Crippen LogP contribution in [0.15, 0.2) is 24.3 Å². The van der Waals surface area contributed by atoms with Crippen molar-refractivity contribution in [2.75, 3.05) is 13.7 Å². The summed E-state index contributed by atoms with van der Waals surface area (Å²) in [5.74, 6) is 6.50. The van der Waals surface area contributed by atoms with Gasteiger partial charge < -0.3 is 9.47 Å². The second-order valence-corrected chi connectivity index (χ2v) is 9.94. The fraction of sp³-hybridized carbons (Fsp3) is 0.375. The molecule has 0 aliphatic carbocycles. The van der Waals surface area contributed by atoms with Crippen LogP contribution in [0, 0.1) is 23.8 Å². The van der Waals surface area contributed by atoms with Crippen molar-refractivity contribution >= 4 is 8.07 Å². The van der Waals surface area contributed by atoms with E-state index in [-0.39, 0.29) is 12.7 Å². The van der Waals surface area contributed by atoms with E-state index in [1.54, 1.807) is 7.11 Å². The van der Waals surface area contributed by atoms with Gasteiger partial charge in [-0.1, -0.05) is 43.6 Å². The third kappa shape index (κ3) is 5.66. The predicted molar refractivity (Wildman–Crippen MR) is 81.6 cm³/mol. The van der Waals surface area contributed by atoms with Crippen LogP contribution in [-0.2, 0) is 4.74 Å². The molecule has 1 rings (SSSR count). The Bertz CT molecular complexity index is 495. The van der Waals surface area contributed by atoms with Crippen LogP contribution in [-0.4, -0.2) is 21.8 Å². The van der Waals surface area contributed by atoms with E-state index in [0.29, 0.717) is 0 Å². The Morgan fingerprint density at radius 1 is 1.21 bits per heavy atom. The Hall–Kier alpha value is -1.68. The number of hydrogen-bond acceptors (Lipinski definition) is 2. The molecule has 1 atom stereocenters. The highest BCUT2D eigenvalue weighted by Gasteiger charge is 2.12. The Morgan fingerprint density at radius 2 is 1.84 bits per heavy atom. The first kappa shape index (κ1) is 15.4. The van der Waals surface area contributed by atoms with Crippen LogP contribution in [0.5, 0.6) is 5.75 Å². The van der Waals surface area contributed by atoms with E-state index in [2.05, 4.69) is 37.0 Å². The van der Waals surface area contributed by atoms with Gasteiger partial charge in [-0.25, -0.2) is 0 Å². The molecule has 0 saturated carbocycles. The summed E-state index contributed by atoms with van der Waals surface area (Å²) in [6, 6.07) is 7.72. The zero-order valence-corrected chi connectivity index (χ0v) is 13.0. The molecule has 0 aromatic heterocycles. The van der Waals surface area contributed by atoms with Gasteiger partial charge in [-0.15, -0.1) is 12.0 Å². The second-order valence-electron chi connectivity index (χ2n) is 5.19. The summed E-state index contributed by atoms with van der Waals surface area (Å²) in [5, 5.41) is 0. The molecule has 0 bridgehead atoms. The first-order chi connectivity index (χ1) is 8.96. The fourth-order valence-corrected chi connectivity index (χ4v) is 1.98. The molecule has 0 aliphatic heterocycles. The molecule has 0 spiro atoms. The van der Waals surface area contributed by atoms with Crippen molar-refractivity contribution in [1.82, 2.24) is 0 Å². The summed E-state index contributed by atoms with van der Waals surface area (Å²) in [4.78, 5) is 0. The quantitative estimate of drug-likeness (QED) is 0.618. The van der Waals surface area contributed by atoms with Crippen molar-refractivity contribution in [2.45, 2.75) is 25.7 Å². The lowest BCUT2D eigenvalue weighted by molar-refractivity contribution is 0.121. The van der Waals surface area contributed by atoms with Gasteiger partial charge in [0.1, 0.15) is 26.5 Å². The van der Waals surface area contributed by atoms with Gasteiger partial charge in [-0.05, 0) is 17.7 Å². The van der Waals surface area contributed by atoms with Crippen molar-refractivity contribution in [3.8, 4) is 29.6 Å². The normalized spacial score (nSPS) is 11.9. The number of rotatable bonds is 4. The van der Waals surface area contributed by atoms with Crippen LogP contribution in [0.25, 0.3) is 0 Å². The number of ether oxygens (including phenoxy) is 2. The summed E-state index contributed by atoms with van der Waals surface area (Å²) in [5.41, 5.74) is 4.32. The summed E-state index contributed by atoms with van der Waals surface area (Å²) in [6.07, 6.45) is 4.98. The third-order valence-corrected chi connectivity index (χ3v) is 3.22. The number of benzene rings is 1. The Kier molecular flexibility index (Phi) is 5.70. The summed E-state index contributed by atoms with van der Waals surface area (Å²) >= 11 is 0. The zero-order chi connectivity index (χ0) is 14.3. The predicted octanol–water partition coefficient (Wildman–Crippen LogP) is 3.27. The van der Waals surface area contributed by atoms with Gasteiger partial charge in [0.25, 0.3) is 0 Å². The summed E-state index contributed by atoms with van der Waals surface area (Å²) in [6.45, 7) is 6.86. The third-order valence-electron chi connectivity index (χ3n) is 2.33. The maximum Gasteiger partial charge on any atom is 0.144 e. The molecule has 1 aromatic rings. The molecule has 0 radical (unpaired) electrons. The lowest BCUT2D eigenvalue weighted by Crippen LogP contribution is -2.17. The molecule has 3 heteroatoms. The molecule has 0 amide bonds. The monoisotopic (exact) mass is 272 g/mol. The van der Waals surface area contributed by atoms with Crippen molar-refractivity contribution in [2.24, 2.45) is 0 Å². The van der Waals surface area contributed by atoms with Gasteiger partial charge in [0.05, 0.1) is 7.11 Å². The van der Waals surface area contributed by atoms with Crippen LogP contribution in [0.1, 0.15) is 11.7 Å². The Morgan fingerprint density at radius 3 is 2.32 bits per heavy atom. The molecular formula is C16H20O2Si. The van der Waals surface area contributed by atoms with Gasteiger partial charge in [0, 0.05) is 0 Å². The van der Waals surface area contributed by atoms with Gasteiger partial charge in [0.15, 0.2) is 0 Å². The molecule has 0 heterocycles. The van der Waals surface area contributed by atoms with Gasteiger partial charge in [-0.2, -0.15) is 0 Å². The first-order valence-electron chi connectivity index (χ1n) is 6.18. The minimum Gasteiger partial charge on any atom is -0.497 e. The molecule has 100 valence electrons. The smallest absolute Gasteiger partial charge is 0.144 e. The van der Waals surface area contributed by atoms with E-state index >= 15 is 0 Å². The average molecular weight is 272 g/mol. The highest BCUT2D eigenvalue weighted by Crippen LogP contribution is 2.20. The largest absolute Gasteiger partial charge is 0.497 e. The van der Waals surface area contributed by atoms with Crippen LogP contribution < -0.4 is 4.74 Å². The van der Waals surface area contributed by atoms with Gasteiger partial charge in [0.2, 0.25) is 0 Å². The summed E-state index contributed by atoms with van der Waals surface area (Å²) in [7, 11) is 0.218. The van der Waals surface area contributed by atoms with Crippen molar-refractivity contribution in [3.05, 3.63) is 29.8 Å². The standard InChI is InChI=1S/C16H20O2Si/c1-6-12-18-16(11-13-19(3,4)5)14-7-9-15(17-2)10-8-14/h1,7-10,16H,12H2,2-5H3. The van der Waals surface area contributed by atoms with Crippen LogP contribution >= 0.6 is 0 Å². The molecule has 0 fully saturated rings. The van der Waals surface area contributed by atoms with Crippen molar-refractivity contribution in [1.29, 1.82) is 0 Å². The van der Waals surface area contributed by atoms with Crippen molar-refractivity contribution < 1.29 is 9.47 Å². The van der Waals surface area contributed by atoms with E-state index in [9.17, 15) is 0 Å². The molecule has 1 unspecified atom stereocenters. The molecule has 0 aliphatic rings.